The first kappa shape index (κ1) is 41.8. The summed E-state index contributed by atoms with van der Waals surface area (Å²) in [5.41, 5.74) is 18.4. The van der Waals surface area contributed by atoms with Gasteiger partial charge in [-0.25, -0.2) is 5.01 Å². The fourth-order valence-corrected chi connectivity index (χ4v) is 5.47. The van der Waals surface area contributed by atoms with Crippen LogP contribution in [0.4, 0.5) is 0 Å². The van der Waals surface area contributed by atoms with E-state index >= 15 is 0 Å². The number of nitrogens with zero attached hydrogens (tertiary/aromatic N) is 1. The molecule has 4 atom stereocenters. The number of hydrogen-bond acceptors (Lipinski definition) is 6. The summed E-state index contributed by atoms with van der Waals surface area (Å²) in [6, 6.07) is 25.3. The second-order valence-corrected chi connectivity index (χ2v) is 11.2. The molecule has 0 fully saturated rings. The molecule has 6 heteroatoms. The SMILES string of the molecule is C.CC.CCC(=O)CCN.CCc1ccccc1C(C(c1ccccc1C)C(C)CC)N(N)Cc1ccc(CC(N)C=O)cc1. The molecule has 3 aromatic carbocycles. The Morgan fingerprint density at radius 1 is 0.889 bits per heavy atom. The number of hydrazine groups is 1. The fraction of sp³-hybridized carbons (Fsp3) is 0.487. The Labute approximate surface area is 274 Å². The number of Topliss-reactive ketones (excluding diaryl/α,β-unsaturated/α-hetero) is 1. The number of carbonyl (C=O) groups is 2. The lowest BCUT2D eigenvalue weighted by Crippen LogP contribution is -2.40. The Balaban J connectivity index is 0.00000171. The predicted molar refractivity (Wildman–Crippen MR) is 193 cm³/mol. The molecule has 0 saturated heterocycles. The van der Waals surface area contributed by atoms with Crippen molar-refractivity contribution in [1.29, 1.82) is 0 Å². The number of carbonyl (C=O) groups excluding carboxylic acids is 2. The van der Waals surface area contributed by atoms with Gasteiger partial charge in [0.1, 0.15) is 12.1 Å². The highest BCUT2D eigenvalue weighted by molar-refractivity contribution is 5.78. The van der Waals surface area contributed by atoms with Crippen LogP contribution in [0.25, 0.3) is 0 Å². The molecule has 6 N–H and O–H groups in total. The number of aryl methyl sites for hydroxylation is 2. The van der Waals surface area contributed by atoms with Crippen molar-refractivity contribution in [3.63, 3.8) is 0 Å². The number of ketones is 1. The van der Waals surface area contributed by atoms with E-state index in [1.807, 2.05) is 25.8 Å². The molecule has 0 amide bonds. The molecule has 0 heterocycles. The molecule has 0 spiro atoms. The van der Waals surface area contributed by atoms with Crippen molar-refractivity contribution in [2.45, 2.75) is 113 Å². The number of rotatable bonds is 15. The monoisotopic (exact) mass is 618 g/mol. The van der Waals surface area contributed by atoms with Crippen molar-refractivity contribution in [3.8, 4) is 0 Å². The van der Waals surface area contributed by atoms with Gasteiger partial charge in [0.15, 0.2) is 0 Å². The van der Waals surface area contributed by atoms with Crippen molar-refractivity contribution >= 4 is 12.1 Å². The second kappa shape index (κ2) is 23.2. The summed E-state index contributed by atoms with van der Waals surface area (Å²) in [5, 5.41) is 2.03. The average molecular weight is 619 g/mol. The summed E-state index contributed by atoms with van der Waals surface area (Å²) in [5.74, 6) is 7.95. The van der Waals surface area contributed by atoms with Gasteiger partial charge in [-0.15, -0.1) is 0 Å². The van der Waals surface area contributed by atoms with Gasteiger partial charge < -0.3 is 16.3 Å². The van der Waals surface area contributed by atoms with Gasteiger partial charge in [-0.2, -0.15) is 0 Å². The lowest BCUT2D eigenvalue weighted by atomic mass is 9.75. The summed E-state index contributed by atoms with van der Waals surface area (Å²) in [6.07, 6.45) is 4.54. The molecule has 0 aliphatic carbocycles. The molecule has 0 aliphatic rings. The van der Waals surface area contributed by atoms with E-state index < -0.39 is 6.04 Å². The molecule has 0 aromatic heterocycles. The highest BCUT2D eigenvalue weighted by Gasteiger charge is 2.34. The maximum absolute atomic E-state index is 10.9. The third-order valence-corrected chi connectivity index (χ3v) is 8.11. The van der Waals surface area contributed by atoms with E-state index in [4.69, 9.17) is 17.3 Å². The molecule has 0 radical (unpaired) electrons. The van der Waals surface area contributed by atoms with E-state index in [1.54, 1.807) is 0 Å². The van der Waals surface area contributed by atoms with Gasteiger partial charge in [0.05, 0.1) is 12.1 Å². The minimum Gasteiger partial charge on any atom is -0.330 e. The average Bonchev–Trinajstić information content (AvgIpc) is 3.05. The van der Waals surface area contributed by atoms with Crippen LogP contribution in [-0.4, -0.2) is 29.7 Å². The first-order valence-corrected chi connectivity index (χ1v) is 16.4. The van der Waals surface area contributed by atoms with Crippen LogP contribution in [-0.2, 0) is 29.0 Å². The number of nitrogens with two attached hydrogens (primary N) is 3. The largest absolute Gasteiger partial charge is 0.330 e. The molecular weight excluding hydrogens is 556 g/mol. The van der Waals surface area contributed by atoms with Gasteiger partial charge in [-0.05, 0) is 65.6 Å². The molecule has 3 rings (SSSR count). The molecule has 6 nitrogen and oxygen atoms in total. The van der Waals surface area contributed by atoms with Crippen LogP contribution in [0.2, 0.25) is 0 Å². The molecule has 4 unspecified atom stereocenters. The minimum atomic E-state index is -0.466. The third-order valence-electron chi connectivity index (χ3n) is 8.11. The van der Waals surface area contributed by atoms with E-state index in [9.17, 15) is 9.59 Å². The van der Waals surface area contributed by atoms with Gasteiger partial charge >= 0.3 is 0 Å². The molecule has 45 heavy (non-hydrogen) atoms. The Hall–Kier alpha value is -3.16. The van der Waals surface area contributed by atoms with Crippen molar-refractivity contribution in [2.75, 3.05) is 6.54 Å². The summed E-state index contributed by atoms with van der Waals surface area (Å²) in [7, 11) is 0. The van der Waals surface area contributed by atoms with Gasteiger partial charge in [0, 0.05) is 25.3 Å². The van der Waals surface area contributed by atoms with E-state index in [0.717, 1.165) is 30.3 Å². The normalized spacial score (nSPS) is 13.1. The van der Waals surface area contributed by atoms with Crippen molar-refractivity contribution in [3.05, 3.63) is 106 Å². The van der Waals surface area contributed by atoms with Crippen molar-refractivity contribution in [1.82, 2.24) is 5.01 Å². The number of benzene rings is 3. The topological polar surface area (TPSA) is 115 Å². The smallest absolute Gasteiger partial charge is 0.137 e. The Morgan fingerprint density at radius 3 is 1.93 bits per heavy atom. The van der Waals surface area contributed by atoms with E-state index in [-0.39, 0.29) is 25.2 Å². The zero-order valence-electron chi connectivity index (χ0n) is 28.3. The quantitative estimate of drug-likeness (QED) is 0.0908. The van der Waals surface area contributed by atoms with Crippen LogP contribution in [0, 0.1) is 12.8 Å². The standard InChI is InChI=1S/C31H41N3O.C5H11NO.C2H6.CH4/c1-5-22(3)30(28-13-9-7-11-23(28)4)31(29-14-10-8-12-26(29)6-2)34(33)20-25-17-15-24(16-18-25)19-27(32)21-35;1-2-5(7)3-4-6;1-2;/h7-18,21-22,27,30-31H,5-6,19-20,32-33H2,1-4H3;2-4,6H2,1H3;1-2H3;1H4. The maximum Gasteiger partial charge on any atom is 0.137 e. The van der Waals surface area contributed by atoms with Crippen molar-refractivity contribution < 1.29 is 9.59 Å². The number of aldehydes is 1. The van der Waals surface area contributed by atoms with E-state index in [2.05, 4.69) is 100 Å². The predicted octanol–water partition coefficient (Wildman–Crippen LogP) is 7.85. The molecule has 0 aliphatic heterocycles. The van der Waals surface area contributed by atoms with Crippen LogP contribution in [0.3, 0.4) is 0 Å². The molecule has 3 aromatic rings. The van der Waals surface area contributed by atoms with E-state index in [0.29, 0.717) is 38.3 Å². The van der Waals surface area contributed by atoms with Crippen LogP contribution >= 0.6 is 0 Å². The zero-order chi connectivity index (χ0) is 33.1. The first-order valence-electron chi connectivity index (χ1n) is 16.4. The third kappa shape index (κ3) is 13.4. The summed E-state index contributed by atoms with van der Waals surface area (Å²) in [6.45, 7) is 16.0. The van der Waals surface area contributed by atoms with Crippen LogP contribution in [0.5, 0.6) is 0 Å². The first-order chi connectivity index (χ1) is 21.2. The molecule has 250 valence electrons. The van der Waals surface area contributed by atoms with Crippen LogP contribution < -0.4 is 17.3 Å². The maximum atomic E-state index is 10.9. The fourth-order valence-electron chi connectivity index (χ4n) is 5.47. The Kier molecular flexibility index (Phi) is 21.6. The summed E-state index contributed by atoms with van der Waals surface area (Å²) in [4.78, 5) is 21.3. The van der Waals surface area contributed by atoms with Crippen LogP contribution in [0.1, 0.15) is 114 Å². The van der Waals surface area contributed by atoms with Gasteiger partial charge in [0.2, 0.25) is 0 Å². The number of hydrogen-bond donors (Lipinski definition) is 3. The Bertz CT molecular complexity index is 1230. The van der Waals surface area contributed by atoms with Gasteiger partial charge in [-0.1, -0.05) is 128 Å². The minimum absolute atomic E-state index is 0. The summed E-state index contributed by atoms with van der Waals surface area (Å²) >= 11 is 0. The van der Waals surface area contributed by atoms with Gasteiger partial charge in [0.25, 0.3) is 0 Å². The molecular formula is C39H62N4O2. The lowest BCUT2D eigenvalue weighted by Gasteiger charge is -2.39. The lowest BCUT2D eigenvalue weighted by molar-refractivity contribution is -0.118. The Morgan fingerprint density at radius 2 is 1.44 bits per heavy atom. The van der Waals surface area contributed by atoms with Crippen molar-refractivity contribution in [2.24, 2.45) is 23.2 Å². The zero-order valence-corrected chi connectivity index (χ0v) is 28.3. The second-order valence-electron chi connectivity index (χ2n) is 11.2. The summed E-state index contributed by atoms with van der Waals surface area (Å²) < 4.78 is 0. The molecule has 0 saturated carbocycles. The molecule has 0 bridgehead atoms. The van der Waals surface area contributed by atoms with Gasteiger partial charge in [-0.3, -0.25) is 10.6 Å². The highest BCUT2D eigenvalue weighted by Crippen LogP contribution is 2.43. The van der Waals surface area contributed by atoms with E-state index in [1.165, 1.54) is 22.3 Å². The van der Waals surface area contributed by atoms with Crippen LogP contribution in [0.15, 0.2) is 72.8 Å². The highest BCUT2D eigenvalue weighted by atomic mass is 16.1.